The molecule has 0 aliphatic heterocycles. The normalized spacial score (nSPS) is 11.8. The van der Waals surface area contributed by atoms with E-state index in [-0.39, 0.29) is 25.0 Å². The summed E-state index contributed by atoms with van der Waals surface area (Å²) in [5.74, 6) is -0.328. The number of halogens is 1. The number of esters is 1. The van der Waals surface area contributed by atoms with Crippen molar-refractivity contribution in [2.24, 2.45) is 0 Å². The van der Waals surface area contributed by atoms with Gasteiger partial charge in [-0.25, -0.2) is 4.79 Å². The van der Waals surface area contributed by atoms with E-state index < -0.39 is 17.7 Å². The molecule has 0 heterocycles. The molecule has 2 N–H and O–H groups in total. The molecule has 1 aromatic carbocycles. The van der Waals surface area contributed by atoms with Crippen molar-refractivity contribution in [1.29, 1.82) is 0 Å². The maximum atomic E-state index is 11.8. The van der Waals surface area contributed by atoms with Crippen LogP contribution in [0.2, 0.25) is 0 Å². The van der Waals surface area contributed by atoms with Gasteiger partial charge in [0.05, 0.1) is 0 Å². The lowest BCUT2D eigenvalue weighted by Gasteiger charge is -2.20. The lowest BCUT2D eigenvalue weighted by molar-refractivity contribution is -0.147. The summed E-state index contributed by atoms with van der Waals surface area (Å²) >= 11 is 0. The monoisotopic (exact) mass is 358 g/mol. The molecule has 7 heteroatoms. The van der Waals surface area contributed by atoms with E-state index in [1.165, 1.54) is 0 Å². The van der Waals surface area contributed by atoms with E-state index in [1.807, 2.05) is 30.3 Å². The molecular weight excluding hydrogens is 332 g/mol. The van der Waals surface area contributed by atoms with E-state index in [4.69, 9.17) is 9.47 Å². The third-order valence-electron chi connectivity index (χ3n) is 2.82. The van der Waals surface area contributed by atoms with E-state index >= 15 is 0 Å². The molecule has 24 heavy (non-hydrogen) atoms. The maximum absolute atomic E-state index is 11.8. The lowest BCUT2D eigenvalue weighted by atomic mass is 10.2. The highest BCUT2D eigenvalue weighted by atomic mass is 35.5. The van der Waals surface area contributed by atoms with Gasteiger partial charge in [0, 0.05) is 13.1 Å². The van der Waals surface area contributed by atoms with Gasteiger partial charge in [0.25, 0.3) is 0 Å². The number of amides is 1. The average molecular weight is 359 g/mol. The molecule has 136 valence electrons. The van der Waals surface area contributed by atoms with Crippen LogP contribution < -0.4 is 10.6 Å². The predicted molar refractivity (Wildman–Crippen MR) is 95.2 cm³/mol. The fraction of sp³-hybridized carbons (Fsp3) is 0.529. The summed E-state index contributed by atoms with van der Waals surface area (Å²) in [5.41, 5.74) is 0.422. The first-order valence-corrected chi connectivity index (χ1v) is 7.69. The third kappa shape index (κ3) is 10.1. The Labute approximate surface area is 149 Å². The number of benzene rings is 1. The first kappa shape index (κ1) is 22.2. The molecular formula is C17H27ClN2O4. The molecule has 1 atom stereocenters. The molecule has 0 bridgehead atoms. The van der Waals surface area contributed by atoms with Crippen molar-refractivity contribution in [2.75, 3.05) is 13.1 Å². The summed E-state index contributed by atoms with van der Waals surface area (Å²) in [5, 5.41) is 5.61. The highest BCUT2D eigenvalue weighted by Crippen LogP contribution is 2.06. The molecule has 0 radical (unpaired) electrons. The molecule has 0 spiro atoms. The van der Waals surface area contributed by atoms with Crippen LogP contribution in [0, 0.1) is 0 Å². The molecule has 0 saturated heterocycles. The first-order chi connectivity index (χ1) is 10.8. The second-order valence-electron chi connectivity index (χ2n) is 6.20. The number of carbonyl (C=O) groups is 2. The minimum Gasteiger partial charge on any atom is -0.460 e. The van der Waals surface area contributed by atoms with Gasteiger partial charge in [-0.3, -0.25) is 4.79 Å². The zero-order valence-corrected chi connectivity index (χ0v) is 15.4. The fourth-order valence-corrected chi connectivity index (χ4v) is 1.70. The molecule has 1 aromatic rings. The molecule has 0 unspecified atom stereocenters. The van der Waals surface area contributed by atoms with Crippen LogP contribution in [0.15, 0.2) is 30.3 Å². The minimum absolute atomic E-state index is 0. The van der Waals surface area contributed by atoms with E-state index in [0.29, 0.717) is 13.1 Å². The van der Waals surface area contributed by atoms with Gasteiger partial charge in [0.15, 0.2) is 0 Å². The quantitative estimate of drug-likeness (QED) is 0.579. The van der Waals surface area contributed by atoms with Gasteiger partial charge in [-0.2, -0.15) is 0 Å². The number of ether oxygens (including phenoxy) is 2. The lowest BCUT2D eigenvalue weighted by Crippen LogP contribution is -2.41. The van der Waals surface area contributed by atoms with Gasteiger partial charge in [-0.05, 0) is 33.3 Å². The zero-order chi connectivity index (χ0) is 17.3. The van der Waals surface area contributed by atoms with Crippen molar-refractivity contribution in [1.82, 2.24) is 10.6 Å². The molecule has 0 fully saturated rings. The number of nitrogens with one attached hydrogen (secondary N) is 2. The van der Waals surface area contributed by atoms with Gasteiger partial charge in [0.1, 0.15) is 18.2 Å². The summed E-state index contributed by atoms with van der Waals surface area (Å²) < 4.78 is 10.3. The molecule has 1 rings (SSSR count). The number of rotatable bonds is 7. The Kier molecular flexibility index (Phi) is 10.1. The highest BCUT2D eigenvalue weighted by Gasteiger charge is 2.16. The van der Waals surface area contributed by atoms with Crippen LogP contribution >= 0.6 is 12.4 Å². The van der Waals surface area contributed by atoms with Crippen molar-refractivity contribution in [2.45, 2.75) is 45.9 Å². The molecule has 1 amide bonds. The van der Waals surface area contributed by atoms with Crippen LogP contribution in [0.5, 0.6) is 0 Å². The number of alkyl carbamates (subject to hydrolysis) is 1. The maximum Gasteiger partial charge on any atom is 0.407 e. The van der Waals surface area contributed by atoms with Crippen molar-refractivity contribution >= 4 is 24.5 Å². The van der Waals surface area contributed by atoms with E-state index in [0.717, 1.165) is 5.56 Å². The summed E-state index contributed by atoms with van der Waals surface area (Å²) in [7, 11) is 0. The summed E-state index contributed by atoms with van der Waals surface area (Å²) in [4.78, 5) is 23.3. The van der Waals surface area contributed by atoms with Crippen LogP contribution in [0.1, 0.15) is 33.3 Å². The van der Waals surface area contributed by atoms with Crippen molar-refractivity contribution < 1.29 is 19.1 Å². The van der Waals surface area contributed by atoms with Gasteiger partial charge in [-0.1, -0.05) is 30.3 Å². The Balaban J connectivity index is 0.00000529. The predicted octanol–water partition coefficient (Wildman–Crippen LogP) is 2.65. The molecule has 0 aromatic heterocycles. The Morgan fingerprint density at radius 2 is 1.75 bits per heavy atom. The largest absolute Gasteiger partial charge is 0.460 e. The Hall–Kier alpha value is -1.79. The fourth-order valence-electron chi connectivity index (χ4n) is 1.70. The van der Waals surface area contributed by atoms with E-state index in [1.54, 1.807) is 27.7 Å². The van der Waals surface area contributed by atoms with Crippen molar-refractivity contribution in [3.63, 3.8) is 0 Å². The Morgan fingerprint density at radius 1 is 1.12 bits per heavy atom. The van der Waals surface area contributed by atoms with Crippen LogP contribution in [-0.2, 0) is 20.9 Å². The van der Waals surface area contributed by atoms with Gasteiger partial charge >= 0.3 is 12.1 Å². The summed E-state index contributed by atoms with van der Waals surface area (Å²) in [6, 6.07) is 9.05. The average Bonchev–Trinajstić information content (AvgIpc) is 2.48. The topological polar surface area (TPSA) is 76.7 Å². The summed E-state index contributed by atoms with van der Waals surface area (Å²) in [6.07, 6.45) is -0.474. The number of hydrogen-bond acceptors (Lipinski definition) is 5. The third-order valence-corrected chi connectivity index (χ3v) is 2.82. The molecule has 0 aliphatic rings. The van der Waals surface area contributed by atoms with Crippen LogP contribution in [0.4, 0.5) is 4.79 Å². The number of hydrogen-bond donors (Lipinski definition) is 2. The smallest absolute Gasteiger partial charge is 0.407 e. The Bertz CT molecular complexity index is 503. The second kappa shape index (κ2) is 10.9. The van der Waals surface area contributed by atoms with Crippen molar-refractivity contribution in [3.05, 3.63) is 35.9 Å². The van der Waals surface area contributed by atoms with E-state index in [9.17, 15) is 9.59 Å². The first-order valence-electron chi connectivity index (χ1n) is 7.69. The second-order valence-corrected chi connectivity index (χ2v) is 6.20. The highest BCUT2D eigenvalue weighted by molar-refractivity contribution is 5.85. The van der Waals surface area contributed by atoms with Crippen molar-refractivity contribution in [3.8, 4) is 0 Å². The van der Waals surface area contributed by atoms with Gasteiger partial charge in [0.2, 0.25) is 0 Å². The van der Waals surface area contributed by atoms with Crippen LogP contribution in [0.25, 0.3) is 0 Å². The zero-order valence-electron chi connectivity index (χ0n) is 14.6. The molecule has 0 aliphatic carbocycles. The SMILES string of the molecule is C[C@H](NCCNC(=O)OC(C)(C)C)C(=O)OCc1ccccc1.Cl. The molecule has 0 saturated carbocycles. The minimum atomic E-state index is -0.522. The van der Waals surface area contributed by atoms with Gasteiger partial charge in [-0.15, -0.1) is 12.4 Å². The van der Waals surface area contributed by atoms with Gasteiger partial charge < -0.3 is 20.1 Å². The number of carbonyl (C=O) groups excluding carboxylic acids is 2. The molecule has 6 nitrogen and oxygen atoms in total. The Morgan fingerprint density at radius 3 is 2.33 bits per heavy atom. The van der Waals surface area contributed by atoms with Crippen LogP contribution in [0.3, 0.4) is 0 Å². The van der Waals surface area contributed by atoms with Crippen LogP contribution in [-0.4, -0.2) is 36.8 Å². The van der Waals surface area contributed by atoms with E-state index in [2.05, 4.69) is 10.6 Å². The standard InChI is InChI=1S/C17H26N2O4.ClH/c1-13(15(20)22-12-14-8-6-5-7-9-14)18-10-11-19-16(21)23-17(2,3)4;/h5-9,13,18H,10-12H2,1-4H3,(H,19,21);1H/t13-;/m0./s1. The summed E-state index contributed by atoms with van der Waals surface area (Å²) in [6.45, 7) is 8.19.